The van der Waals surface area contributed by atoms with Crippen LogP contribution in [0, 0.1) is 0 Å². The lowest BCUT2D eigenvalue weighted by atomic mass is 10.0. The lowest BCUT2D eigenvalue weighted by molar-refractivity contribution is 0.173. The predicted molar refractivity (Wildman–Crippen MR) is 68.9 cm³/mol. The van der Waals surface area contributed by atoms with E-state index >= 15 is 0 Å². The molecule has 1 aromatic rings. The van der Waals surface area contributed by atoms with Gasteiger partial charge in [-0.05, 0) is 36.1 Å². The second kappa shape index (κ2) is 4.65. The highest BCUT2D eigenvalue weighted by molar-refractivity contribution is 5.74. The van der Waals surface area contributed by atoms with E-state index in [0.29, 0.717) is 0 Å². The van der Waals surface area contributed by atoms with E-state index in [4.69, 9.17) is 5.73 Å². The van der Waals surface area contributed by atoms with Crippen molar-refractivity contribution in [3.8, 4) is 0 Å². The van der Waals surface area contributed by atoms with Gasteiger partial charge in [-0.1, -0.05) is 6.07 Å². The van der Waals surface area contributed by atoms with Crippen molar-refractivity contribution in [1.29, 1.82) is 0 Å². The molecule has 0 aliphatic carbocycles. The number of carbonyl (C=O) groups is 1. The first-order chi connectivity index (χ1) is 8.08. The van der Waals surface area contributed by atoms with Crippen LogP contribution in [0.2, 0.25) is 0 Å². The van der Waals surface area contributed by atoms with E-state index < -0.39 is 0 Å². The summed E-state index contributed by atoms with van der Waals surface area (Å²) in [4.78, 5) is 15.4. The van der Waals surface area contributed by atoms with E-state index in [1.165, 1.54) is 11.1 Å². The summed E-state index contributed by atoms with van der Waals surface area (Å²) in [6.07, 6.45) is 1.80. The number of rotatable bonds is 0. The summed E-state index contributed by atoms with van der Waals surface area (Å²) in [5.74, 6) is 0. The van der Waals surface area contributed by atoms with Crippen LogP contribution in [-0.2, 0) is 12.8 Å². The minimum absolute atomic E-state index is 0.0887. The third kappa shape index (κ3) is 2.52. The van der Waals surface area contributed by atoms with Crippen LogP contribution in [0.1, 0.15) is 11.1 Å². The number of amides is 2. The number of carbonyl (C=O) groups excluding carboxylic acids is 1. The number of nitrogens with zero attached hydrogens (tertiary/aromatic N) is 2. The van der Waals surface area contributed by atoms with Gasteiger partial charge in [0.2, 0.25) is 0 Å². The predicted octanol–water partition coefficient (Wildman–Crippen LogP) is 1.35. The zero-order chi connectivity index (χ0) is 12.4. The summed E-state index contributed by atoms with van der Waals surface area (Å²) in [6, 6.07) is 6.13. The van der Waals surface area contributed by atoms with Crippen molar-refractivity contribution in [1.82, 2.24) is 9.80 Å². The van der Waals surface area contributed by atoms with E-state index in [0.717, 1.165) is 31.6 Å². The van der Waals surface area contributed by atoms with Gasteiger partial charge < -0.3 is 15.5 Å². The van der Waals surface area contributed by atoms with Gasteiger partial charge in [0, 0.05) is 32.9 Å². The Labute approximate surface area is 102 Å². The van der Waals surface area contributed by atoms with Crippen LogP contribution in [0.4, 0.5) is 10.5 Å². The van der Waals surface area contributed by atoms with Crippen molar-refractivity contribution < 1.29 is 4.79 Å². The second-order valence-corrected chi connectivity index (χ2v) is 4.69. The molecule has 4 heteroatoms. The fourth-order valence-electron chi connectivity index (χ4n) is 2.22. The standard InChI is InChI=1S/C13H19N3O/c1-15(2)13(17)16-7-5-10-3-4-12(14)9-11(10)6-8-16/h3-4,9H,5-8,14H2,1-2H3. The van der Waals surface area contributed by atoms with Gasteiger partial charge in [-0.2, -0.15) is 0 Å². The number of benzene rings is 1. The highest BCUT2D eigenvalue weighted by atomic mass is 16.2. The van der Waals surface area contributed by atoms with Gasteiger partial charge in [0.25, 0.3) is 0 Å². The fourth-order valence-corrected chi connectivity index (χ4v) is 2.22. The van der Waals surface area contributed by atoms with E-state index in [1.54, 1.807) is 19.0 Å². The van der Waals surface area contributed by atoms with Crippen LogP contribution in [-0.4, -0.2) is 43.0 Å². The van der Waals surface area contributed by atoms with Crippen LogP contribution in [0.25, 0.3) is 0 Å². The van der Waals surface area contributed by atoms with Crippen molar-refractivity contribution >= 4 is 11.7 Å². The first-order valence-corrected chi connectivity index (χ1v) is 5.91. The molecule has 17 heavy (non-hydrogen) atoms. The topological polar surface area (TPSA) is 49.6 Å². The quantitative estimate of drug-likeness (QED) is 0.688. The Balaban J connectivity index is 2.14. The molecular formula is C13H19N3O. The Kier molecular flexibility index (Phi) is 3.22. The molecule has 1 heterocycles. The molecule has 2 rings (SSSR count). The number of hydrogen-bond acceptors (Lipinski definition) is 2. The van der Waals surface area contributed by atoms with Crippen molar-refractivity contribution in [2.45, 2.75) is 12.8 Å². The molecule has 0 saturated carbocycles. The number of nitrogens with two attached hydrogens (primary N) is 1. The molecule has 0 bridgehead atoms. The largest absolute Gasteiger partial charge is 0.399 e. The average Bonchev–Trinajstić information content (AvgIpc) is 2.50. The molecule has 0 radical (unpaired) electrons. The van der Waals surface area contributed by atoms with Gasteiger partial charge in [-0.25, -0.2) is 4.79 Å². The number of urea groups is 1. The number of nitrogen functional groups attached to an aromatic ring is 1. The normalized spacial score (nSPS) is 15.1. The van der Waals surface area contributed by atoms with Crippen LogP contribution < -0.4 is 5.73 Å². The number of hydrogen-bond donors (Lipinski definition) is 1. The molecular weight excluding hydrogens is 214 g/mol. The number of anilines is 1. The van der Waals surface area contributed by atoms with E-state index in [2.05, 4.69) is 6.07 Å². The first-order valence-electron chi connectivity index (χ1n) is 5.91. The smallest absolute Gasteiger partial charge is 0.319 e. The third-order valence-electron chi connectivity index (χ3n) is 3.19. The lowest BCUT2D eigenvalue weighted by Gasteiger charge is -2.24. The zero-order valence-electron chi connectivity index (χ0n) is 10.4. The molecule has 0 fully saturated rings. The molecule has 2 N–H and O–H groups in total. The molecule has 0 spiro atoms. The molecule has 1 aromatic carbocycles. The molecule has 1 aliphatic heterocycles. The van der Waals surface area contributed by atoms with Gasteiger partial charge in [0.1, 0.15) is 0 Å². The van der Waals surface area contributed by atoms with Crippen molar-refractivity contribution in [3.05, 3.63) is 29.3 Å². The van der Waals surface area contributed by atoms with Crippen molar-refractivity contribution in [2.24, 2.45) is 0 Å². The maximum Gasteiger partial charge on any atom is 0.319 e. The van der Waals surface area contributed by atoms with E-state index in [1.807, 2.05) is 17.0 Å². The monoisotopic (exact) mass is 233 g/mol. The van der Waals surface area contributed by atoms with Crippen LogP contribution >= 0.6 is 0 Å². The van der Waals surface area contributed by atoms with Gasteiger partial charge in [0.15, 0.2) is 0 Å². The Morgan fingerprint density at radius 1 is 1.24 bits per heavy atom. The van der Waals surface area contributed by atoms with Gasteiger partial charge in [-0.3, -0.25) is 0 Å². The molecule has 0 atom stereocenters. The summed E-state index contributed by atoms with van der Waals surface area (Å²) < 4.78 is 0. The van der Waals surface area contributed by atoms with Gasteiger partial charge in [-0.15, -0.1) is 0 Å². The van der Waals surface area contributed by atoms with Crippen molar-refractivity contribution in [2.75, 3.05) is 32.9 Å². The van der Waals surface area contributed by atoms with Gasteiger partial charge in [0.05, 0.1) is 0 Å². The highest BCUT2D eigenvalue weighted by Gasteiger charge is 2.19. The van der Waals surface area contributed by atoms with Crippen LogP contribution in [0.15, 0.2) is 18.2 Å². The Hall–Kier alpha value is -1.71. The third-order valence-corrected chi connectivity index (χ3v) is 3.19. The SMILES string of the molecule is CN(C)C(=O)N1CCc2ccc(N)cc2CC1. The van der Waals surface area contributed by atoms with E-state index in [-0.39, 0.29) is 6.03 Å². The molecule has 0 saturated heterocycles. The minimum atomic E-state index is 0.0887. The van der Waals surface area contributed by atoms with Crippen molar-refractivity contribution in [3.63, 3.8) is 0 Å². The molecule has 0 aromatic heterocycles. The Morgan fingerprint density at radius 3 is 2.53 bits per heavy atom. The second-order valence-electron chi connectivity index (χ2n) is 4.69. The summed E-state index contributed by atoms with van der Waals surface area (Å²) >= 11 is 0. The summed E-state index contributed by atoms with van der Waals surface area (Å²) in [7, 11) is 3.58. The maximum absolute atomic E-state index is 11.9. The van der Waals surface area contributed by atoms with Gasteiger partial charge >= 0.3 is 6.03 Å². The average molecular weight is 233 g/mol. The molecule has 4 nitrogen and oxygen atoms in total. The Morgan fingerprint density at radius 2 is 1.88 bits per heavy atom. The fraction of sp³-hybridized carbons (Fsp3) is 0.462. The maximum atomic E-state index is 11.9. The lowest BCUT2D eigenvalue weighted by Crippen LogP contribution is -2.40. The highest BCUT2D eigenvalue weighted by Crippen LogP contribution is 2.19. The molecule has 92 valence electrons. The number of fused-ring (bicyclic) bond motifs is 1. The Bertz CT molecular complexity index is 429. The molecule has 0 unspecified atom stereocenters. The van der Waals surface area contributed by atoms with Crippen LogP contribution in [0.5, 0.6) is 0 Å². The summed E-state index contributed by atoms with van der Waals surface area (Å²) in [6.45, 7) is 1.56. The molecule has 1 aliphatic rings. The summed E-state index contributed by atoms with van der Waals surface area (Å²) in [5, 5.41) is 0. The zero-order valence-corrected chi connectivity index (χ0v) is 10.4. The summed E-state index contributed by atoms with van der Waals surface area (Å²) in [5.41, 5.74) is 9.18. The first kappa shape index (κ1) is 11.8. The molecule has 2 amide bonds. The minimum Gasteiger partial charge on any atom is -0.399 e. The van der Waals surface area contributed by atoms with Crippen LogP contribution in [0.3, 0.4) is 0 Å². The van der Waals surface area contributed by atoms with E-state index in [9.17, 15) is 4.79 Å².